The molecule has 0 aromatic heterocycles. The maximum Gasteiger partial charge on any atom is 0.335 e. The third-order valence-electron chi connectivity index (χ3n) is 4.89. The minimum absolute atomic E-state index is 0.0149. The van der Waals surface area contributed by atoms with Crippen molar-refractivity contribution in [3.8, 4) is 5.75 Å². The van der Waals surface area contributed by atoms with Crippen molar-refractivity contribution in [3.05, 3.63) is 94.0 Å². The van der Waals surface area contributed by atoms with Crippen LogP contribution in [0.5, 0.6) is 5.75 Å². The van der Waals surface area contributed by atoms with Gasteiger partial charge in [-0.05, 0) is 61.2 Å². The van der Waals surface area contributed by atoms with Gasteiger partial charge in [-0.15, -0.1) is 0 Å². The van der Waals surface area contributed by atoms with Crippen molar-refractivity contribution in [3.63, 3.8) is 0 Å². The van der Waals surface area contributed by atoms with Crippen LogP contribution in [0.25, 0.3) is 0 Å². The summed E-state index contributed by atoms with van der Waals surface area (Å²) in [6.07, 6.45) is 0.709. The second kappa shape index (κ2) is 8.61. The van der Waals surface area contributed by atoms with E-state index in [1.807, 2.05) is 30.3 Å². The summed E-state index contributed by atoms with van der Waals surface area (Å²) >= 11 is 0. The van der Waals surface area contributed by atoms with Crippen molar-refractivity contribution in [2.24, 2.45) is 0 Å². The zero-order chi connectivity index (χ0) is 21.0. The van der Waals surface area contributed by atoms with Crippen LogP contribution in [0.2, 0.25) is 0 Å². The van der Waals surface area contributed by atoms with Crippen LogP contribution >= 0.6 is 0 Å². The minimum Gasteiger partial charge on any atom is -0.507 e. The highest BCUT2D eigenvalue weighted by atomic mass is 16.4. The lowest BCUT2D eigenvalue weighted by Crippen LogP contribution is -2.04. The van der Waals surface area contributed by atoms with Gasteiger partial charge in [0.1, 0.15) is 5.75 Å². The molecule has 3 N–H and O–H groups in total. The summed E-state index contributed by atoms with van der Waals surface area (Å²) < 4.78 is 0. The number of phenolic OH excluding ortho intramolecular Hbond substituents is 1. The molecule has 0 heterocycles. The Labute approximate surface area is 169 Å². The topological polar surface area (TPSA) is 86.6 Å². The smallest absolute Gasteiger partial charge is 0.335 e. The van der Waals surface area contributed by atoms with Crippen LogP contribution in [0, 0.1) is 6.92 Å². The fourth-order valence-corrected chi connectivity index (χ4v) is 3.22. The lowest BCUT2D eigenvalue weighted by Gasteiger charge is -2.13. The molecule has 0 saturated carbocycles. The number of Topliss-reactive ketones (excluding diaryl/α,β-unsaturated/α-hetero) is 1. The van der Waals surface area contributed by atoms with Crippen molar-refractivity contribution < 1.29 is 19.8 Å². The Kier molecular flexibility index (Phi) is 5.98. The lowest BCUT2D eigenvalue weighted by atomic mass is 10.0. The molecular formula is C24H23NO4. The van der Waals surface area contributed by atoms with E-state index in [1.165, 1.54) is 6.92 Å². The average Bonchev–Trinajstić information content (AvgIpc) is 2.69. The van der Waals surface area contributed by atoms with Gasteiger partial charge in [0.15, 0.2) is 5.78 Å². The first kappa shape index (κ1) is 20.1. The number of phenols is 1. The molecule has 3 rings (SSSR count). The van der Waals surface area contributed by atoms with Gasteiger partial charge in [-0.25, -0.2) is 4.79 Å². The first-order valence-electron chi connectivity index (χ1n) is 9.32. The highest BCUT2D eigenvalue weighted by Crippen LogP contribution is 2.29. The number of aromatic hydroxyl groups is 1. The largest absolute Gasteiger partial charge is 0.507 e. The SMILES string of the molecule is CC(=O)c1ccc(NCc2cccc(Cc3ccc(C(=O)O)cc3)c2)c(C)c1O. The Hall–Kier alpha value is -3.60. The van der Waals surface area contributed by atoms with Crippen LogP contribution < -0.4 is 5.32 Å². The number of ketones is 1. The Bertz CT molecular complexity index is 1050. The van der Waals surface area contributed by atoms with E-state index in [0.717, 1.165) is 22.4 Å². The molecule has 0 unspecified atom stereocenters. The fraction of sp³-hybridized carbons (Fsp3) is 0.167. The van der Waals surface area contributed by atoms with E-state index in [-0.39, 0.29) is 17.1 Å². The zero-order valence-electron chi connectivity index (χ0n) is 16.4. The third-order valence-corrected chi connectivity index (χ3v) is 4.89. The van der Waals surface area contributed by atoms with Gasteiger partial charge in [-0.1, -0.05) is 36.4 Å². The van der Waals surface area contributed by atoms with Gasteiger partial charge in [-0.3, -0.25) is 4.79 Å². The minimum atomic E-state index is -0.928. The Morgan fingerprint density at radius 1 is 0.931 bits per heavy atom. The van der Waals surface area contributed by atoms with Crippen LogP contribution in [0.4, 0.5) is 5.69 Å². The molecule has 0 saturated heterocycles. The number of anilines is 1. The van der Waals surface area contributed by atoms with E-state index in [4.69, 9.17) is 5.11 Å². The number of nitrogens with one attached hydrogen (secondary N) is 1. The molecule has 0 atom stereocenters. The van der Waals surface area contributed by atoms with E-state index < -0.39 is 5.97 Å². The lowest BCUT2D eigenvalue weighted by molar-refractivity contribution is 0.0696. The summed E-state index contributed by atoms with van der Waals surface area (Å²) in [7, 11) is 0. The Balaban J connectivity index is 1.69. The van der Waals surface area contributed by atoms with Crippen molar-refractivity contribution in [1.82, 2.24) is 0 Å². The van der Waals surface area contributed by atoms with Gasteiger partial charge in [0.05, 0.1) is 11.1 Å². The highest BCUT2D eigenvalue weighted by molar-refractivity contribution is 5.97. The van der Waals surface area contributed by atoms with Gasteiger partial charge in [0, 0.05) is 17.8 Å². The zero-order valence-corrected chi connectivity index (χ0v) is 16.4. The maximum atomic E-state index is 11.5. The van der Waals surface area contributed by atoms with Crippen LogP contribution in [0.15, 0.2) is 60.7 Å². The van der Waals surface area contributed by atoms with E-state index in [0.29, 0.717) is 24.1 Å². The standard InChI is InChI=1S/C24H23NO4/c1-15-22(11-10-21(16(2)26)23(15)27)25-14-19-5-3-4-18(13-19)12-17-6-8-20(9-7-17)24(28)29/h3-11,13,25,27H,12,14H2,1-2H3,(H,28,29). The quantitative estimate of drug-likeness (QED) is 0.505. The highest BCUT2D eigenvalue weighted by Gasteiger charge is 2.12. The predicted octanol–water partition coefficient (Wildman–Crippen LogP) is 4.80. The van der Waals surface area contributed by atoms with Gasteiger partial charge >= 0.3 is 5.97 Å². The maximum absolute atomic E-state index is 11.5. The van der Waals surface area contributed by atoms with Crippen LogP contribution in [-0.2, 0) is 13.0 Å². The number of benzene rings is 3. The van der Waals surface area contributed by atoms with Crippen LogP contribution in [-0.4, -0.2) is 22.0 Å². The molecule has 3 aromatic carbocycles. The molecule has 148 valence electrons. The first-order valence-corrected chi connectivity index (χ1v) is 9.32. The molecule has 0 fully saturated rings. The molecule has 0 aliphatic carbocycles. The fourth-order valence-electron chi connectivity index (χ4n) is 3.22. The average molecular weight is 389 g/mol. The Morgan fingerprint density at radius 3 is 2.28 bits per heavy atom. The van der Waals surface area contributed by atoms with Gasteiger partial charge in [0.25, 0.3) is 0 Å². The second-order valence-electron chi connectivity index (χ2n) is 7.04. The van der Waals surface area contributed by atoms with E-state index >= 15 is 0 Å². The first-order chi connectivity index (χ1) is 13.8. The van der Waals surface area contributed by atoms with E-state index in [9.17, 15) is 14.7 Å². The molecule has 0 radical (unpaired) electrons. The molecule has 0 amide bonds. The monoisotopic (exact) mass is 389 g/mol. The molecule has 0 bridgehead atoms. The van der Waals surface area contributed by atoms with E-state index in [1.54, 1.807) is 31.2 Å². The summed E-state index contributed by atoms with van der Waals surface area (Å²) in [5.74, 6) is -1.08. The van der Waals surface area contributed by atoms with Crippen molar-refractivity contribution in [2.75, 3.05) is 5.32 Å². The third kappa shape index (κ3) is 4.82. The predicted molar refractivity (Wildman–Crippen MR) is 113 cm³/mol. The number of carboxylic acids is 1. The summed E-state index contributed by atoms with van der Waals surface area (Å²) in [5, 5.41) is 22.5. The number of hydrogen-bond donors (Lipinski definition) is 3. The van der Waals surface area contributed by atoms with Crippen molar-refractivity contribution >= 4 is 17.4 Å². The summed E-state index contributed by atoms with van der Waals surface area (Å²) in [5.41, 5.74) is 5.28. The van der Waals surface area contributed by atoms with Crippen LogP contribution in [0.1, 0.15) is 49.9 Å². The van der Waals surface area contributed by atoms with E-state index in [2.05, 4.69) is 11.4 Å². The van der Waals surface area contributed by atoms with Gasteiger partial charge in [0.2, 0.25) is 0 Å². The van der Waals surface area contributed by atoms with Crippen molar-refractivity contribution in [1.29, 1.82) is 0 Å². The number of carboxylic acid groups (broad SMARTS) is 1. The number of hydrogen-bond acceptors (Lipinski definition) is 4. The molecule has 5 heteroatoms. The molecule has 0 spiro atoms. The molecule has 0 aliphatic rings. The van der Waals surface area contributed by atoms with Crippen LogP contribution in [0.3, 0.4) is 0 Å². The molecule has 3 aromatic rings. The Morgan fingerprint density at radius 2 is 1.62 bits per heavy atom. The molecule has 0 aliphatic heterocycles. The molecular weight excluding hydrogens is 366 g/mol. The summed E-state index contributed by atoms with van der Waals surface area (Å²) in [6.45, 7) is 3.79. The van der Waals surface area contributed by atoms with Gasteiger partial charge < -0.3 is 15.5 Å². The number of aromatic carboxylic acids is 1. The second-order valence-corrected chi connectivity index (χ2v) is 7.04. The number of carbonyl (C=O) groups is 2. The molecule has 5 nitrogen and oxygen atoms in total. The van der Waals surface area contributed by atoms with Crippen molar-refractivity contribution in [2.45, 2.75) is 26.8 Å². The number of carbonyl (C=O) groups excluding carboxylic acids is 1. The molecule has 29 heavy (non-hydrogen) atoms. The normalized spacial score (nSPS) is 10.6. The van der Waals surface area contributed by atoms with Gasteiger partial charge in [-0.2, -0.15) is 0 Å². The summed E-state index contributed by atoms with van der Waals surface area (Å²) in [4.78, 5) is 22.5. The summed E-state index contributed by atoms with van der Waals surface area (Å²) in [6, 6.07) is 18.5. The number of rotatable bonds is 7.